The zero-order chi connectivity index (χ0) is 14.7. The van der Waals surface area contributed by atoms with Gasteiger partial charge in [0.05, 0.1) is 24.2 Å². The summed E-state index contributed by atoms with van der Waals surface area (Å²) in [6, 6.07) is 11.8. The van der Waals surface area contributed by atoms with E-state index in [0.29, 0.717) is 6.54 Å². The minimum absolute atomic E-state index is 0.0548. The first kappa shape index (κ1) is 13.3. The summed E-state index contributed by atoms with van der Waals surface area (Å²) < 4.78 is 1.88. The molecule has 106 valence electrons. The molecule has 0 saturated heterocycles. The molecule has 0 radical (unpaired) electrons. The molecule has 5 nitrogen and oxygen atoms in total. The number of hydrogen-bond donors (Lipinski definition) is 1. The summed E-state index contributed by atoms with van der Waals surface area (Å²) in [5.74, 6) is 0.774. The van der Waals surface area contributed by atoms with Crippen LogP contribution in [0.2, 0.25) is 0 Å². The largest absolute Gasteiger partial charge is 0.349 e. The number of benzene rings is 1. The average Bonchev–Trinajstić information content (AvgIpc) is 2.90. The Hall–Kier alpha value is -2.69. The van der Waals surface area contributed by atoms with Crippen LogP contribution in [-0.2, 0) is 24.8 Å². The highest BCUT2D eigenvalue weighted by Crippen LogP contribution is 2.12. The maximum Gasteiger partial charge on any atom is 0.226 e. The van der Waals surface area contributed by atoms with Crippen LogP contribution in [0.5, 0.6) is 0 Å². The fourth-order valence-corrected chi connectivity index (χ4v) is 2.18. The standard InChI is InChI=1S/C16H16N4O/c1-20-9-8-17-15(20)11-18-16(21)10-13-7-6-12-4-2-3-5-14(12)19-13/h2-9H,10-11H2,1H3,(H,18,21). The van der Waals surface area contributed by atoms with Crippen molar-refractivity contribution in [2.24, 2.45) is 7.05 Å². The Morgan fingerprint density at radius 2 is 2.10 bits per heavy atom. The topological polar surface area (TPSA) is 59.8 Å². The van der Waals surface area contributed by atoms with Gasteiger partial charge in [0.15, 0.2) is 0 Å². The molecule has 0 aliphatic carbocycles. The number of aromatic nitrogens is 3. The van der Waals surface area contributed by atoms with Gasteiger partial charge in [0.1, 0.15) is 5.82 Å². The quantitative estimate of drug-likeness (QED) is 0.793. The highest BCUT2D eigenvalue weighted by molar-refractivity contribution is 5.81. The number of para-hydroxylation sites is 1. The summed E-state index contributed by atoms with van der Waals surface area (Å²) in [7, 11) is 1.90. The van der Waals surface area contributed by atoms with Crippen molar-refractivity contribution in [2.75, 3.05) is 0 Å². The van der Waals surface area contributed by atoms with E-state index in [1.54, 1.807) is 6.20 Å². The second kappa shape index (κ2) is 5.75. The van der Waals surface area contributed by atoms with Gasteiger partial charge in [-0.1, -0.05) is 24.3 Å². The predicted octanol–water partition coefficient (Wildman–Crippen LogP) is 1.83. The molecule has 1 N–H and O–H groups in total. The van der Waals surface area contributed by atoms with Crippen molar-refractivity contribution < 1.29 is 4.79 Å². The van der Waals surface area contributed by atoms with Crippen molar-refractivity contribution in [3.8, 4) is 0 Å². The van der Waals surface area contributed by atoms with Gasteiger partial charge in [-0.05, 0) is 12.1 Å². The van der Waals surface area contributed by atoms with Gasteiger partial charge in [0, 0.05) is 24.8 Å². The van der Waals surface area contributed by atoms with Crippen molar-refractivity contribution in [3.63, 3.8) is 0 Å². The maximum absolute atomic E-state index is 12.0. The molecule has 3 rings (SSSR count). The van der Waals surface area contributed by atoms with E-state index in [1.807, 2.05) is 54.2 Å². The number of imidazole rings is 1. The summed E-state index contributed by atoms with van der Waals surface area (Å²) in [5.41, 5.74) is 1.68. The number of carbonyl (C=O) groups is 1. The number of nitrogens with one attached hydrogen (secondary N) is 1. The van der Waals surface area contributed by atoms with Crippen LogP contribution in [0.15, 0.2) is 48.8 Å². The van der Waals surface area contributed by atoms with Crippen molar-refractivity contribution in [3.05, 3.63) is 60.3 Å². The highest BCUT2D eigenvalue weighted by atomic mass is 16.1. The number of pyridine rings is 1. The SMILES string of the molecule is Cn1ccnc1CNC(=O)Cc1ccc2ccccc2n1. The van der Waals surface area contributed by atoms with Gasteiger partial charge >= 0.3 is 0 Å². The minimum Gasteiger partial charge on any atom is -0.349 e. The van der Waals surface area contributed by atoms with Gasteiger partial charge in [-0.3, -0.25) is 9.78 Å². The van der Waals surface area contributed by atoms with Crippen LogP contribution in [0.1, 0.15) is 11.5 Å². The zero-order valence-corrected chi connectivity index (χ0v) is 11.8. The lowest BCUT2D eigenvalue weighted by Crippen LogP contribution is -2.26. The monoisotopic (exact) mass is 280 g/mol. The van der Waals surface area contributed by atoms with Crippen molar-refractivity contribution in [2.45, 2.75) is 13.0 Å². The molecule has 1 amide bonds. The van der Waals surface area contributed by atoms with Gasteiger partial charge in [0.25, 0.3) is 0 Å². The molecule has 0 spiro atoms. The third-order valence-electron chi connectivity index (χ3n) is 3.36. The van der Waals surface area contributed by atoms with E-state index < -0.39 is 0 Å². The number of aryl methyl sites for hydroxylation is 1. The molecular weight excluding hydrogens is 264 g/mol. The van der Waals surface area contributed by atoms with Crippen LogP contribution < -0.4 is 5.32 Å². The Labute approximate surface area is 122 Å². The van der Waals surface area contributed by atoms with Crippen molar-refractivity contribution in [1.82, 2.24) is 19.9 Å². The minimum atomic E-state index is -0.0548. The van der Waals surface area contributed by atoms with E-state index in [1.165, 1.54) is 0 Å². The first-order chi connectivity index (χ1) is 10.2. The Morgan fingerprint density at radius 3 is 2.90 bits per heavy atom. The lowest BCUT2D eigenvalue weighted by Gasteiger charge is -2.06. The molecule has 0 fully saturated rings. The molecular formula is C16H16N4O. The van der Waals surface area contributed by atoms with Gasteiger partial charge in [-0.25, -0.2) is 4.98 Å². The second-order valence-electron chi connectivity index (χ2n) is 4.90. The number of carbonyl (C=O) groups excluding carboxylic acids is 1. The van der Waals surface area contributed by atoms with Crippen LogP contribution in [0, 0.1) is 0 Å². The lowest BCUT2D eigenvalue weighted by atomic mass is 10.2. The Kier molecular flexibility index (Phi) is 3.64. The molecule has 3 aromatic rings. The lowest BCUT2D eigenvalue weighted by molar-refractivity contribution is -0.120. The molecule has 2 aromatic heterocycles. The predicted molar refractivity (Wildman–Crippen MR) is 80.5 cm³/mol. The van der Waals surface area contributed by atoms with Crippen molar-refractivity contribution >= 4 is 16.8 Å². The summed E-state index contributed by atoms with van der Waals surface area (Å²) >= 11 is 0. The van der Waals surface area contributed by atoms with Gasteiger partial charge in [0.2, 0.25) is 5.91 Å². The normalized spacial score (nSPS) is 10.7. The smallest absolute Gasteiger partial charge is 0.226 e. The van der Waals surface area contributed by atoms with Gasteiger partial charge < -0.3 is 9.88 Å². The van der Waals surface area contributed by atoms with Crippen LogP contribution in [0.3, 0.4) is 0 Å². The Bertz CT molecular complexity index is 779. The Morgan fingerprint density at radius 1 is 1.24 bits per heavy atom. The Balaban J connectivity index is 1.64. The molecule has 0 aliphatic rings. The van der Waals surface area contributed by atoms with Crippen LogP contribution in [0.4, 0.5) is 0 Å². The number of amides is 1. The fourth-order valence-electron chi connectivity index (χ4n) is 2.18. The maximum atomic E-state index is 12.0. The van der Waals surface area contributed by atoms with E-state index in [2.05, 4.69) is 15.3 Å². The van der Waals surface area contributed by atoms with E-state index in [9.17, 15) is 4.79 Å². The zero-order valence-electron chi connectivity index (χ0n) is 11.8. The first-order valence-corrected chi connectivity index (χ1v) is 6.80. The molecule has 0 aliphatic heterocycles. The third kappa shape index (κ3) is 3.08. The number of rotatable bonds is 4. The summed E-state index contributed by atoms with van der Waals surface area (Å²) in [4.78, 5) is 20.6. The average molecular weight is 280 g/mol. The van der Waals surface area contributed by atoms with Crippen LogP contribution >= 0.6 is 0 Å². The number of hydrogen-bond acceptors (Lipinski definition) is 3. The first-order valence-electron chi connectivity index (χ1n) is 6.80. The van der Waals surface area contributed by atoms with E-state index in [0.717, 1.165) is 22.4 Å². The molecule has 0 bridgehead atoms. The highest BCUT2D eigenvalue weighted by Gasteiger charge is 2.07. The van der Waals surface area contributed by atoms with E-state index in [-0.39, 0.29) is 12.3 Å². The summed E-state index contributed by atoms with van der Waals surface area (Å²) in [6.07, 6.45) is 3.84. The third-order valence-corrected chi connectivity index (χ3v) is 3.36. The molecule has 2 heterocycles. The van der Waals surface area contributed by atoms with E-state index in [4.69, 9.17) is 0 Å². The van der Waals surface area contributed by atoms with Crippen molar-refractivity contribution in [1.29, 1.82) is 0 Å². The molecule has 1 aromatic carbocycles. The molecule has 21 heavy (non-hydrogen) atoms. The van der Waals surface area contributed by atoms with Crippen LogP contribution in [-0.4, -0.2) is 20.4 Å². The van der Waals surface area contributed by atoms with Crippen LogP contribution in [0.25, 0.3) is 10.9 Å². The van der Waals surface area contributed by atoms with Gasteiger partial charge in [-0.2, -0.15) is 0 Å². The van der Waals surface area contributed by atoms with E-state index >= 15 is 0 Å². The summed E-state index contributed by atoms with van der Waals surface area (Å²) in [6.45, 7) is 0.427. The second-order valence-corrected chi connectivity index (χ2v) is 4.90. The molecule has 0 unspecified atom stereocenters. The molecule has 0 saturated carbocycles. The number of nitrogens with zero attached hydrogens (tertiary/aromatic N) is 3. The molecule has 5 heteroatoms. The molecule has 0 atom stereocenters. The van der Waals surface area contributed by atoms with Gasteiger partial charge in [-0.15, -0.1) is 0 Å². The fraction of sp³-hybridized carbons (Fsp3) is 0.188. The number of fused-ring (bicyclic) bond motifs is 1. The summed E-state index contributed by atoms with van der Waals surface area (Å²) in [5, 5.41) is 3.94.